The molecule has 3 heterocycles. The minimum atomic E-state index is -1.15. The lowest BCUT2D eigenvalue weighted by molar-refractivity contribution is -0.146. The molecule has 6 rings (SSSR count). The number of rotatable bonds is 5. The Morgan fingerprint density at radius 2 is 1.77 bits per heavy atom. The molecule has 3 amide bonds. The maximum Gasteiger partial charge on any atom is 0.246 e. The van der Waals surface area contributed by atoms with Crippen molar-refractivity contribution in [3.8, 4) is 0 Å². The highest BCUT2D eigenvalue weighted by molar-refractivity contribution is 6.42. The van der Waals surface area contributed by atoms with Gasteiger partial charge in [-0.15, -0.1) is 0 Å². The lowest BCUT2D eigenvalue weighted by atomic mass is 9.74. The maximum atomic E-state index is 14.4. The SMILES string of the molecule is C[C@@H]1[C@H](C)CCC[C@@H]1N1C(=O)[C@@H]2[C@H](C(=O)Nc3ccc(Cl)c(Cl)c3)[C@@H]3C=C[C@@]2(O3)[C@@H]1C(=O)NC1CCCCC1. The Hall–Kier alpha value is -2.09. The predicted molar refractivity (Wildman–Crippen MR) is 150 cm³/mol. The minimum absolute atomic E-state index is 0.0711. The van der Waals surface area contributed by atoms with E-state index in [1.807, 2.05) is 17.1 Å². The first-order valence-electron chi connectivity index (χ1n) is 14.5. The summed E-state index contributed by atoms with van der Waals surface area (Å²) < 4.78 is 6.53. The van der Waals surface area contributed by atoms with Crippen molar-refractivity contribution in [3.05, 3.63) is 40.4 Å². The first kappa shape index (κ1) is 27.1. The summed E-state index contributed by atoms with van der Waals surface area (Å²) in [4.78, 5) is 44.1. The molecule has 0 radical (unpaired) electrons. The van der Waals surface area contributed by atoms with Gasteiger partial charge in [0.25, 0.3) is 0 Å². The normalized spacial score (nSPS) is 37.7. The number of hydrogen-bond acceptors (Lipinski definition) is 4. The van der Waals surface area contributed by atoms with Crippen LogP contribution in [0.1, 0.15) is 65.2 Å². The number of carbonyl (C=O) groups excluding carboxylic acids is 3. The Bertz CT molecular complexity index is 1200. The van der Waals surface area contributed by atoms with Crippen LogP contribution in [0.5, 0.6) is 0 Å². The van der Waals surface area contributed by atoms with Gasteiger partial charge in [-0.2, -0.15) is 0 Å². The van der Waals surface area contributed by atoms with Crippen LogP contribution in [0.2, 0.25) is 10.0 Å². The van der Waals surface area contributed by atoms with E-state index in [0.29, 0.717) is 21.7 Å². The molecule has 1 aromatic carbocycles. The van der Waals surface area contributed by atoms with E-state index in [1.165, 1.54) is 6.42 Å². The van der Waals surface area contributed by atoms with E-state index in [2.05, 4.69) is 24.5 Å². The number of amides is 3. The molecule has 9 heteroatoms. The van der Waals surface area contributed by atoms with E-state index in [0.717, 1.165) is 44.9 Å². The van der Waals surface area contributed by atoms with Crippen molar-refractivity contribution in [1.29, 1.82) is 0 Å². The molecule has 2 N–H and O–H groups in total. The molecule has 210 valence electrons. The highest BCUT2D eigenvalue weighted by atomic mass is 35.5. The second-order valence-electron chi connectivity index (χ2n) is 12.2. The highest BCUT2D eigenvalue weighted by Crippen LogP contribution is 2.57. The van der Waals surface area contributed by atoms with Crippen LogP contribution >= 0.6 is 23.2 Å². The van der Waals surface area contributed by atoms with Crippen molar-refractivity contribution in [2.24, 2.45) is 23.7 Å². The predicted octanol–water partition coefficient (Wildman–Crippen LogP) is 5.36. The summed E-state index contributed by atoms with van der Waals surface area (Å²) in [6.07, 6.45) is 11.4. The van der Waals surface area contributed by atoms with E-state index in [4.69, 9.17) is 27.9 Å². The first-order valence-corrected chi connectivity index (χ1v) is 15.2. The van der Waals surface area contributed by atoms with Crippen molar-refractivity contribution >= 4 is 46.6 Å². The monoisotopic (exact) mass is 573 g/mol. The average molecular weight is 575 g/mol. The number of nitrogens with zero attached hydrogens (tertiary/aromatic N) is 1. The van der Waals surface area contributed by atoms with Crippen LogP contribution in [0.3, 0.4) is 0 Å². The van der Waals surface area contributed by atoms with Crippen molar-refractivity contribution in [1.82, 2.24) is 10.2 Å². The Morgan fingerprint density at radius 3 is 2.51 bits per heavy atom. The fraction of sp³-hybridized carbons (Fsp3) is 0.633. The van der Waals surface area contributed by atoms with Crippen LogP contribution in [-0.2, 0) is 19.1 Å². The summed E-state index contributed by atoms with van der Waals surface area (Å²) in [5, 5.41) is 6.93. The summed E-state index contributed by atoms with van der Waals surface area (Å²) in [6, 6.07) is 4.14. The topological polar surface area (TPSA) is 87.7 Å². The van der Waals surface area contributed by atoms with Gasteiger partial charge in [-0.05, 0) is 49.3 Å². The summed E-state index contributed by atoms with van der Waals surface area (Å²) >= 11 is 12.2. The Balaban J connectivity index is 1.34. The van der Waals surface area contributed by atoms with Crippen LogP contribution < -0.4 is 10.6 Å². The highest BCUT2D eigenvalue weighted by Gasteiger charge is 2.73. The van der Waals surface area contributed by atoms with Gasteiger partial charge < -0.3 is 20.3 Å². The Kier molecular flexibility index (Phi) is 7.22. The smallest absolute Gasteiger partial charge is 0.246 e. The summed E-state index contributed by atoms with van der Waals surface area (Å²) in [7, 11) is 0. The third-order valence-electron chi connectivity index (χ3n) is 10.0. The van der Waals surface area contributed by atoms with E-state index >= 15 is 0 Å². The lowest BCUT2D eigenvalue weighted by Crippen LogP contribution is -2.60. The zero-order valence-corrected chi connectivity index (χ0v) is 24.0. The summed E-state index contributed by atoms with van der Waals surface area (Å²) in [5.41, 5.74) is -0.653. The molecule has 1 aromatic rings. The van der Waals surface area contributed by atoms with Gasteiger partial charge in [0.1, 0.15) is 11.6 Å². The summed E-state index contributed by atoms with van der Waals surface area (Å²) in [5.74, 6) is -1.44. The molecule has 3 aliphatic heterocycles. The number of carbonyl (C=O) groups is 3. The average Bonchev–Trinajstić information content (AvgIpc) is 3.56. The van der Waals surface area contributed by atoms with Crippen LogP contribution in [0.4, 0.5) is 5.69 Å². The second-order valence-corrected chi connectivity index (χ2v) is 13.1. The van der Waals surface area contributed by atoms with Crippen molar-refractivity contribution in [2.75, 3.05) is 5.32 Å². The Morgan fingerprint density at radius 1 is 1.00 bits per heavy atom. The molecule has 2 bridgehead atoms. The largest absolute Gasteiger partial charge is 0.359 e. The van der Waals surface area contributed by atoms with E-state index in [-0.39, 0.29) is 35.7 Å². The van der Waals surface area contributed by atoms with Gasteiger partial charge in [-0.3, -0.25) is 14.4 Å². The van der Waals surface area contributed by atoms with Crippen LogP contribution in [0.15, 0.2) is 30.4 Å². The number of anilines is 1. The number of likely N-dealkylation sites (tertiary alicyclic amines) is 1. The number of halogens is 2. The molecule has 5 aliphatic rings. The molecule has 39 heavy (non-hydrogen) atoms. The van der Waals surface area contributed by atoms with Crippen molar-refractivity contribution < 1.29 is 19.1 Å². The van der Waals surface area contributed by atoms with Gasteiger partial charge in [0, 0.05) is 17.8 Å². The fourth-order valence-electron chi connectivity index (χ4n) is 7.84. The summed E-state index contributed by atoms with van der Waals surface area (Å²) in [6.45, 7) is 4.41. The van der Waals surface area contributed by atoms with Crippen molar-refractivity contribution in [3.63, 3.8) is 0 Å². The van der Waals surface area contributed by atoms with Crippen LogP contribution in [-0.4, -0.2) is 52.5 Å². The van der Waals surface area contributed by atoms with Gasteiger partial charge in [0.2, 0.25) is 17.7 Å². The molecule has 0 unspecified atom stereocenters. The van der Waals surface area contributed by atoms with Gasteiger partial charge in [-0.1, -0.05) is 81.3 Å². The van der Waals surface area contributed by atoms with Gasteiger partial charge in [-0.25, -0.2) is 0 Å². The van der Waals surface area contributed by atoms with E-state index < -0.39 is 29.6 Å². The third-order valence-corrected chi connectivity index (χ3v) is 10.8. The van der Waals surface area contributed by atoms with Gasteiger partial charge >= 0.3 is 0 Å². The number of hydrogen-bond donors (Lipinski definition) is 2. The Labute approximate surface area is 240 Å². The fourth-order valence-corrected chi connectivity index (χ4v) is 8.13. The quantitative estimate of drug-likeness (QED) is 0.464. The molecule has 7 nitrogen and oxygen atoms in total. The maximum absolute atomic E-state index is 14.4. The zero-order valence-electron chi connectivity index (χ0n) is 22.5. The molecule has 2 saturated carbocycles. The zero-order chi connectivity index (χ0) is 27.5. The third kappa shape index (κ3) is 4.49. The second kappa shape index (κ2) is 10.4. The number of fused-ring (bicyclic) bond motifs is 1. The first-order chi connectivity index (χ1) is 18.7. The van der Waals surface area contributed by atoms with E-state index in [9.17, 15) is 14.4 Å². The molecule has 0 aromatic heterocycles. The molecule has 2 saturated heterocycles. The lowest BCUT2D eigenvalue weighted by Gasteiger charge is -2.44. The molecule has 8 atom stereocenters. The van der Waals surface area contributed by atoms with Gasteiger partial charge in [0.15, 0.2) is 0 Å². The molecule has 2 aliphatic carbocycles. The van der Waals surface area contributed by atoms with Crippen LogP contribution in [0, 0.1) is 23.7 Å². The molecular formula is C30H37Cl2N3O4. The minimum Gasteiger partial charge on any atom is -0.359 e. The standard InChI is InChI=1S/C30H37Cl2N3O4/c1-16-7-6-10-22(17(16)2)35-26(28(37)33-18-8-4-3-5-9-18)30-14-13-23(39-30)24(25(30)29(35)38)27(36)34-19-11-12-20(31)21(32)15-19/h11-18,22-26H,3-10H2,1-2H3,(H,33,37)(H,34,36)/t16-,17-,22+,23+,24-,25+,26+,30+/m1/s1. The van der Waals surface area contributed by atoms with Crippen molar-refractivity contribution in [2.45, 2.75) is 95.0 Å². The molecule has 1 spiro atoms. The van der Waals surface area contributed by atoms with E-state index in [1.54, 1.807) is 18.2 Å². The number of benzene rings is 1. The number of nitrogens with one attached hydrogen (secondary N) is 2. The molecular weight excluding hydrogens is 537 g/mol. The molecule has 4 fully saturated rings. The van der Waals surface area contributed by atoms with Gasteiger partial charge in [0.05, 0.1) is 28.0 Å². The number of ether oxygens (including phenoxy) is 1. The van der Waals surface area contributed by atoms with Crippen LogP contribution in [0.25, 0.3) is 0 Å².